The Bertz CT molecular complexity index is 1470. The summed E-state index contributed by atoms with van der Waals surface area (Å²) in [6.07, 6.45) is 0. The molecule has 5 nitrogen and oxygen atoms in total. The molecule has 0 aliphatic heterocycles. The van der Waals surface area contributed by atoms with Crippen molar-refractivity contribution in [2.45, 2.75) is 20.4 Å². The molecule has 6 heteroatoms. The quantitative estimate of drug-likeness (QED) is 0.392. The number of nitrogens with one attached hydrogen (secondary N) is 1. The van der Waals surface area contributed by atoms with E-state index >= 15 is 0 Å². The zero-order chi connectivity index (χ0) is 22.6. The van der Waals surface area contributed by atoms with Crippen molar-refractivity contribution in [3.05, 3.63) is 99.2 Å². The Morgan fingerprint density at radius 3 is 2.25 bits per heavy atom. The summed E-state index contributed by atoms with van der Waals surface area (Å²) in [6, 6.07) is 17.2. The zero-order valence-corrected chi connectivity index (χ0v) is 18.3. The van der Waals surface area contributed by atoms with E-state index in [9.17, 15) is 14.4 Å². The first-order valence-corrected chi connectivity index (χ1v) is 10.7. The zero-order valence-electron chi connectivity index (χ0n) is 17.5. The van der Waals surface area contributed by atoms with E-state index in [0.29, 0.717) is 45.2 Å². The van der Waals surface area contributed by atoms with Crippen LogP contribution >= 0.6 is 11.6 Å². The molecule has 4 aromatic rings. The minimum absolute atomic E-state index is 0.188. The Morgan fingerprint density at radius 1 is 0.906 bits per heavy atom. The van der Waals surface area contributed by atoms with E-state index in [1.54, 1.807) is 48.5 Å². The molecule has 32 heavy (non-hydrogen) atoms. The van der Waals surface area contributed by atoms with Crippen molar-refractivity contribution >= 4 is 45.7 Å². The van der Waals surface area contributed by atoms with Crippen molar-refractivity contribution in [3.63, 3.8) is 0 Å². The highest BCUT2D eigenvalue weighted by Crippen LogP contribution is 2.31. The lowest BCUT2D eigenvalue weighted by molar-refractivity contribution is 0.0979. The highest BCUT2D eigenvalue weighted by molar-refractivity contribution is 6.31. The smallest absolute Gasteiger partial charge is 0.272 e. The lowest BCUT2D eigenvalue weighted by Crippen LogP contribution is -2.22. The van der Waals surface area contributed by atoms with Crippen LogP contribution in [0.4, 0.5) is 5.69 Å². The number of anilines is 1. The third kappa shape index (κ3) is 2.97. The summed E-state index contributed by atoms with van der Waals surface area (Å²) >= 11 is 6.16. The van der Waals surface area contributed by atoms with E-state index in [4.69, 9.17) is 11.6 Å². The van der Waals surface area contributed by atoms with Gasteiger partial charge in [-0.1, -0.05) is 35.9 Å². The largest absolute Gasteiger partial charge is 0.337 e. The lowest BCUT2D eigenvalue weighted by atomic mass is 9.84. The molecule has 0 bridgehead atoms. The van der Waals surface area contributed by atoms with Gasteiger partial charge in [0.25, 0.3) is 5.91 Å². The second-order valence-electron chi connectivity index (χ2n) is 7.80. The van der Waals surface area contributed by atoms with Gasteiger partial charge in [-0.2, -0.15) is 0 Å². The van der Waals surface area contributed by atoms with Gasteiger partial charge in [0.1, 0.15) is 5.69 Å². The van der Waals surface area contributed by atoms with Gasteiger partial charge < -0.3 is 9.88 Å². The van der Waals surface area contributed by atoms with Gasteiger partial charge in [-0.25, -0.2) is 0 Å². The van der Waals surface area contributed by atoms with Gasteiger partial charge in [-0.05, 0) is 55.8 Å². The van der Waals surface area contributed by atoms with E-state index in [2.05, 4.69) is 5.32 Å². The van der Waals surface area contributed by atoms with Crippen LogP contribution in [-0.2, 0) is 6.54 Å². The van der Waals surface area contributed by atoms with Gasteiger partial charge in [-0.3, -0.25) is 14.4 Å². The van der Waals surface area contributed by atoms with Crippen molar-refractivity contribution in [2.75, 3.05) is 5.32 Å². The highest BCUT2D eigenvalue weighted by atomic mass is 35.5. The normalized spacial score (nSPS) is 12.6. The Morgan fingerprint density at radius 2 is 1.56 bits per heavy atom. The number of carbonyl (C=O) groups excluding carboxylic acids is 3. The minimum atomic E-state index is -0.286. The van der Waals surface area contributed by atoms with Gasteiger partial charge in [0.15, 0.2) is 11.6 Å². The molecule has 0 radical (unpaired) electrons. The van der Waals surface area contributed by atoms with Crippen molar-refractivity contribution in [1.82, 2.24) is 4.57 Å². The van der Waals surface area contributed by atoms with E-state index in [-0.39, 0.29) is 17.5 Å². The number of carbonyl (C=O) groups is 3. The summed E-state index contributed by atoms with van der Waals surface area (Å²) in [5.74, 6) is -0.696. The van der Waals surface area contributed by atoms with Crippen LogP contribution in [0.5, 0.6) is 0 Å². The van der Waals surface area contributed by atoms with E-state index < -0.39 is 0 Å². The SMILES string of the molecule is CCn1c(C(=O)Nc2ccc3c(c2)C(=O)c2ccccc2C3=O)c(C)c2cc(Cl)ccc21. The first-order valence-electron chi connectivity index (χ1n) is 10.3. The Labute approximate surface area is 189 Å². The maximum atomic E-state index is 13.3. The van der Waals surface area contributed by atoms with E-state index in [0.717, 1.165) is 16.5 Å². The van der Waals surface area contributed by atoms with Gasteiger partial charge >= 0.3 is 0 Å². The van der Waals surface area contributed by atoms with Crippen molar-refractivity contribution in [2.24, 2.45) is 0 Å². The maximum Gasteiger partial charge on any atom is 0.272 e. The van der Waals surface area contributed by atoms with Crippen LogP contribution in [0.1, 0.15) is 54.8 Å². The number of rotatable bonds is 3. The molecule has 1 amide bonds. The fourth-order valence-electron chi connectivity index (χ4n) is 4.48. The van der Waals surface area contributed by atoms with Gasteiger partial charge in [0.05, 0.1) is 0 Å². The fraction of sp³-hybridized carbons (Fsp3) is 0.115. The standard InChI is InChI=1S/C26H19ClN2O3/c1-3-29-22-11-8-15(27)12-20(22)14(2)23(29)26(32)28-16-9-10-19-21(13-16)25(31)18-7-5-4-6-17(18)24(19)30/h4-13H,3H2,1-2H3,(H,28,32). The molecule has 0 unspecified atom stereocenters. The molecule has 5 rings (SSSR count). The Balaban J connectivity index is 1.54. The molecular formula is C26H19ClN2O3. The van der Waals surface area contributed by atoms with Crippen LogP contribution in [0.15, 0.2) is 60.7 Å². The molecule has 1 aliphatic rings. The summed E-state index contributed by atoms with van der Waals surface area (Å²) in [7, 11) is 0. The van der Waals surface area contributed by atoms with Crippen molar-refractivity contribution in [3.8, 4) is 0 Å². The highest BCUT2D eigenvalue weighted by Gasteiger charge is 2.29. The van der Waals surface area contributed by atoms with Crippen LogP contribution in [0.25, 0.3) is 10.9 Å². The summed E-state index contributed by atoms with van der Waals surface area (Å²) < 4.78 is 1.94. The number of halogens is 1. The number of hydrogen-bond donors (Lipinski definition) is 1. The minimum Gasteiger partial charge on any atom is -0.337 e. The number of amides is 1. The van der Waals surface area contributed by atoms with Crippen LogP contribution < -0.4 is 5.32 Å². The molecule has 0 spiro atoms. The number of fused-ring (bicyclic) bond motifs is 3. The monoisotopic (exact) mass is 442 g/mol. The number of nitrogens with zero attached hydrogens (tertiary/aromatic N) is 1. The third-order valence-electron chi connectivity index (χ3n) is 5.99. The van der Waals surface area contributed by atoms with Crippen LogP contribution in [0, 0.1) is 6.92 Å². The summed E-state index contributed by atoms with van der Waals surface area (Å²) in [5.41, 5.74) is 4.19. The molecule has 0 saturated carbocycles. The predicted octanol–water partition coefficient (Wildman–Crippen LogP) is 5.65. The third-order valence-corrected chi connectivity index (χ3v) is 6.23. The number of hydrogen-bond acceptors (Lipinski definition) is 3. The summed E-state index contributed by atoms with van der Waals surface area (Å²) in [6.45, 7) is 4.49. The van der Waals surface area contributed by atoms with E-state index in [1.807, 2.05) is 30.5 Å². The predicted molar refractivity (Wildman–Crippen MR) is 125 cm³/mol. The molecular weight excluding hydrogens is 424 g/mol. The van der Waals surface area contributed by atoms with Crippen molar-refractivity contribution < 1.29 is 14.4 Å². The number of aryl methyl sites for hydroxylation is 2. The summed E-state index contributed by atoms with van der Waals surface area (Å²) in [4.78, 5) is 39.1. The van der Waals surface area contributed by atoms with Crippen LogP contribution in [0.2, 0.25) is 5.02 Å². The first-order chi connectivity index (χ1) is 15.4. The number of aromatic nitrogens is 1. The van der Waals surface area contributed by atoms with Gasteiger partial charge in [0.2, 0.25) is 0 Å². The number of benzene rings is 3. The maximum absolute atomic E-state index is 13.3. The average molecular weight is 443 g/mol. The second kappa shape index (κ2) is 7.46. The average Bonchev–Trinajstić information content (AvgIpc) is 3.08. The fourth-order valence-corrected chi connectivity index (χ4v) is 4.66. The van der Waals surface area contributed by atoms with Crippen LogP contribution in [0.3, 0.4) is 0 Å². The Hall–Kier alpha value is -3.70. The molecule has 1 heterocycles. The molecule has 1 N–H and O–H groups in total. The topological polar surface area (TPSA) is 68.2 Å². The molecule has 0 atom stereocenters. The Kier molecular flexibility index (Phi) is 4.72. The molecule has 1 aromatic heterocycles. The summed E-state index contributed by atoms with van der Waals surface area (Å²) in [5, 5.41) is 4.44. The van der Waals surface area contributed by atoms with Gasteiger partial charge in [0, 0.05) is 50.4 Å². The second-order valence-corrected chi connectivity index (χ2v) is 8.23. The molecule has 3 aromatic carbocycles. The molecule has 1 aliphatic carbocycles. The van der Waals surface area contributed by atoms with Crippen molar-refractivity contribution in [1.29, 1.82) is 0 Å². The molecule has 0 fully saturated rings. The lowest BCUT2D eigenvalue weighted by Gasteiger charge is -2.18. The molecule has 158 valence electrons. The van der Waals surface area contributed by atoms with Crippen LogP contribution in [-0.4, -0.2) is 22.0 Å². The van der Waals surface area contributed by atoms with E-state index in [1.165, 1.54) is 0 Å². The molecule has 0 saturated heterocycles. The first kappa shape index (κ1) is 20.2. The van der Waals surface area contributed by atoms with Gasteiger partial charge in [-0.15, -0.1) is 0 Å². The number of ketones is 2.